The first-order valence-electron chi connectivity index (χ1n) is 11.1. The van der Waals surface area contributed by atoms with Crippen molar-refractivity contribution >= 4 is 29.9 Å². The van der Waals surface area contributed by atoms with Gasteiger partial charge in [0.1, 0.15) is 0 Å². The molecule has 0 spiro atoms. The summed E-state index contributed by atoms with van der Waals surface area (Å²) < 4.78 is 16.9. The maximum absolute atomic E-state index is 5.79. The molecule has 1 aromatic carbocycles. The standard InChI is InChI=1S/C23H39N3O3.HI/c1-24-23(26-14-7-16-29-20-22-11-18-28-19-12-22)25-13-5-6-15-27-17-10-21-8-3-2-4-9-21;/h2-4,8-9,22H,5-7,10-20H2,1H3,(H2,24,25,26);1H. The quantitative estimate of drug-likeness (QED) is 0.166. The Morgan fingerprint density at radius 2 is 1.67 bits per heavy atom. The van der Waals surface area contributed by atoms with E-state index >= 15 is 0 Å². The summed E-state index contributed by atoms with van der Waals surface area (Å²) in [6.45, 7) is 6.81. The molecule has 0 aliphatic carbocycles. The van der Waals surface area contributed by atoms with E-state index in [9.17, 15) is 0 Å². The van der Waals surface area contributed by atoms with Gasteiger partial charge in [0.25, 0.3) is 0 Å². The molecule has 2 rings (SSSR count). The van der Waals surface area contributed by atoms with E-state index in [1.165, 1.54) is 5.56 Å². The Morgan fingerprint density at radius 1 is 0.967 bits per heavy atom. The van der Waals surface area contributed by atoms with Crippen LogP contribution in [0, 0.1) is 5.92 Å². The first-order valence-corrected chi connectivity index (χ1v) is 11.1. The molecule has 0 amide bonds. The number of hydrogen-bond donors (Lipinski definition) is 2. The van der Waals surface area contributed by atoms with Crippen molar-refractivity contribution in [2.75, 3.05) is 59.8 Å². The van der Waals surface area contributed by atoms with Gasteiger partial charge in [0.2, 0.25) is 0 Å². The van der Waals surface area contributed by atoms with Crippen molar-refractivity contribution in [2.24, 2.45) is 10.9 Å². The molecule has 2 N–H and O–H groups in total. The third-order valence-corrected chi connectivity index (χ3v) is 5.06. The number of unbranched alkanes of at least 4 members (excludes halogenated alkanes) is 1. The minimum absolute atomic E-state index is 0. The Hall–Kier alpha value is -0.900. The van der Waals surface area contributed by atoms with Gasteiger partial charge in [-0.2, -0.15) is 0 Å². The third kappa shape index (κ3) is 13.4. The van der Waals surface area contributed by atoms with Crippen molar-refractivity contribution in [1.29, 1.82) is 0 Å². The molecule has 1 aliphatic heterocycles. The maximum Gasteiger partial charge on any atom is 0.190 e. The molecule has 30 heavy (non-hydrogen) atoms. The molecular formula is C23H40IN3O3. The average Bonchev–Trinajstić information content (AvgIpc) is 2.77. The van der Waals surface area contributed by atoms with Gasteiger partial charge in [-0.25, -0.2) is 0 Å². The van der Waals surface area contributed by atoms with Crippen LogP contribution in [0.1, 0.15) is 37.7 Å². The van der Waals surface area contributed by atoms with Crippen molar-refractivity contribution in [3.05, 3.63) is 35.9 Å². The molecule has 0 saturated carbocycles. The van der Waals surface area contributed by atoms with E-state index in [0.717, 1.165) is 97.2 Å². The van der Waals surface area contributed by atoms with Crippen molar-refractivity contribution < 1.29 is 14.2 Å². The second kappa shape index (κ2) is 18.8. The van der Waals surface area contributed by atoms with E-state index in [4.69, 9.17) is 14.2 Å². The molecule has 0 aromatic heterocycles. The molecule has 0 bridgehead atoms. The van der Waals surface area contributed by atoms with Crippen LogP contribution in [0.3, 0.4) is 0 Å². The van der Waals surface area contributed by atoms with Gasteiger partial charge in [-0.3, -0.25) is 4.99 Å². The van der Waals surface area contributed by atoms with Gasteiger partial charge in [-0.15, -0.1) is 24.0 Å². The van der Waals surface area contributed by atoms with Crippen molar-refractivity contribution in [1.82, 2.24) is 10.6 Å². The molecule has 1 aromatic rings. The highest BCUT2D eigenvalue weighted by molar-refractivity contribution is 14.0. The van der Waals surface area contributed by atoms with Crippen LogP contribution in [0.5, 0.6) is 0 Å². The summed E-state index contributed by atoms with van der Waals surface area (Å²) in [5, 5.41) is 6.70. The van der Waals surface area contributed by atoms with Crippen LogP contribution in [-0.2, 0) is 20.6 Å². The Labute approximate surface area is 199 Å². The molecule has 1 aliphatic rings. The molecule has 0 unspecified atom stereocenters. The minimum Gasteiger partial charge on any atom is -0.381 e. The number of halogens is 1. The molecule has 0 radical (unpaired) electrons. The normalized spacial score (nSPS) is 14.9. The highest BCUT2D eigenvalue weighted by Crippen LogP contribution is 2.14. The lowest BCUT2D eigenvalue weighted by molar-refractivity contribution is 0.0203. The highest BCUT2D eigenvalue weighted by atomic mass is 127. The van der Waals surface area contributed by atoms with E-state index in [-0.39, 0.29) is 24.0 Å². The molecular weight excluding hydrogens is 493 g/mol. The number of aliphatic imine (C=N–C) groups is 1. The summed E-state index contributed by atoms with van der Waals surface area (Å²) in [6, 6.07) is 10.5. The predicted molar refractivity (Wildman–Crippen MR) is 134 cm³/mol. The van der Waals surface area contributed by atoms with Gasteiger partial charge >= 0.3 is 0 Å². The molecule has 0 atom stereocenters. The Kier molecular flexibility index (Phi) is 17.0. The van der Waals surface area contributed by atoms with E-state index in [1.807, 2.05) is 13.1 Å². The molecule has 172 valence electrons. The van der Waals surface area contributed by atoms with Crippen LogP contribution in [0.25, 0.3) is 0 Å². The summed E-state index contributed by atoms with van der Waals surface area (Å²) >= 11 is 0. The Balaban J connectivity index is 0.00000450. The highest BCUT2D eigenvalue weighted by Gasteiger charge is 2.13. The summed E-state index contributed by atoms with van der Waals surface area (Å²) in [5.41, 5.74) is 1.33. The largest absolute Gasteiger partial charge is 0.381 e. The number of nitrogens with one attached hydrogen (secondary N) is 2. The Morgan fingerprint density at radius 3 is 2.40 bits per heavy atom. The topological polar surface area (TPSA) is 64.1 Å². The van der Waals surface area contributed by atoms with E-state index < -0.39 is 0 Å². The minimum atomic E-state index is 0. The van der Waals surface area contributed by atoms with Gasteiger partial charge in [0, 0.05) is 53.2 Å². The van der Waals surface area contributed by atoms with Crippen LogP contribution < -0.4 is 10.6 Å². The first-order chi connectivity index (χ1) is 14.4. The fraction of sp³-hybridized carbons (Fsp3) is 0.696. The monoisotopic (exact) mass is 533 g/mol. The SMILES string of the molecule is CN=C(NCCCCOCCc1ccccc1)NCCCOCC1CCOCC1.I. The fourth-order valence-corrected chi connectivity index (χ4v) is 3.24. The van der Waals surface area contributed by atoms with Gasteiger partial charge in [-0.05, 0) is 50.0 Å². The van der Waals surface area contributed by atoms with Crippen molar-refractivity contribution in [2.45, 2.75) is 38.5 Å². The fourth-order valence-electron chi connectivity index (χ4n) is 3.24. The lowest BCUT2D eigenvalue weighted by Crippen LogP contribution is -2.38. The van der Waals surface area contributed by atoms with Crippen LogP contribution in [-0.4, -0.2) is 65.7 Å². The first kappa shape index (κ1) is 27.1. The van der Waals surface area contributed by atoms with Crippen LogP contribution >= 0.6 is 24.0 Å². The van der Waals surface area contributed by atoms with Crippen LogP contribution in [0.2, 0.25) is 0 Å². The smallest absolute Gasteiger partial charge is 0.190 e. The number of rotatable bonds is 14. The Bertz CT molecular complexity index is 540. The summed E-state index contributed by atoms with van der Waals surface area (Å²) in [7, 11) is 1.81. The number of ether oxygens (including phenoxy) is 3. The zero-order chi connectivity index (χ0) is 20.4. The summed E-state index contributed by atoms with van der Waals surface area (Å²) in [4.78, 5) is 4.27. The van der Waals surface area contributed by atoms with Crippen molar-refractivity contribution in [3.8, 4) is 0 Å². The molecule has 6 nitrogen and oxygen atoms in total. The summed E-state index contributed by atoms with van der Waals surface area (Å²) in [6.07, 6.45) is 6.35. The van der Waals surface area contributed by atoms with E-state index in [0.29, 0.717) is 5.92 Å². The third-order valence-electron chi connectivity index (χ3n) is 5.06. The van der Waals surface area contributed by atoms with Gasteiger partial charge in [-0.1, -0.05) is 30.3 Å². The zero-order valence-corrected chi connectivity index (χ0v) is 20.8. The summed E-state index contributed by atoms with van der Waals surface area (Å²) in [5.74, 6) is 1.54. The average molecular weight is 533 g/mol. The maximum atomic E-state index is 5.79. The lowest BCUT2D eigenvalue weighted by Gasteiger charge is -2.21. The van der Waals surface area contributed by atoms with Crippen LogP contribution in [0.4, 0.5) is 0 Å². The van der Waals surface area contributed by atoms with Crippen molar-refractivity contribution in [3.63, 3.8) is 0 Å². The van der Waals surface area contributed by atoms with E-state index in [1.54, 1.807) is 0 Å². The molecule has 1 fully saturated rings. The molecule has 1 heterocycles. The predicted octanol–water partition coefficient (Wildman–Crippen LogP) is 3.64. The van der Waals surface area contributed by atoms with Gasteiger partial charge < -0.3 is 24.8 Å². The zero-order valence-electron chi connectivity index (χ0n) is 18.4. The molecule has 1 saturated heterocycles. The number of guanidine groups is 1. The lowest BCUT2D eigenvalue weighted by atomic mass is 10.0. The van der Waals surface area contributed by atoms with E-state index in [2.05, 4.69) is 39.9 Å². The number of benzene rings is 1. The van der Waals surface area contributed by atoms with Crippen LogP contribution in [0.15, 0.2) is 35.3 Å². The molecule has 7 heteroatoms. The van der Waals surface area contributed by atoms with Gasteiger partial charge in [0.05, 0.1) is 6.61 Å². The number of nitrogens with zero attached hydrogens (tertiary/aromatic N) is 1. The second-order valence-electron chi connectivity index (χ2n) is 7.47. The van der Waals surface area contributed by atoms with Gasteiger partial charge in [0.15, 0.2) is 5.96 Å². The second-order valence-corrected chi connectivity index (χ2v) is 7.47. The number of hydrogen-bond acceptors (Lipinski definition) is 4.